The van der Waals surface area contributed by atoms with Gasteiger partial charge in [0, 0.05) is 11.4 Å². The van der Waals surface area contributed by atoms with E-state index in [-0.39, 0.29) is 5.56 Å². The van der Waals surface area contributed by atoms with Gasteiger partial charge in [0.25, 0.3) is 0 Å². The molecule has 0 aliphatic rings. The molecular weight excluding hydrogens is 172 g/mol. The molecule has 0 heterocycles. The minimum Gasteiger partial charge on any atom is -0.399 e. The fraction of sp³-hybridized carbons (Fsp3) is 0.125. The number of hydrogen-bond donors (Lipinski definition) is 2. The van der Waals surface area contributed by atoms with Crippen LogP contribution in [0.3, 0.4) is 0 Å². The summed E-state index contributed by atoms with van der Waals surface area (Å²) in [7, 11) is 1.24. The Balaban J connectivity index is 2.94. The summed E-state index contributed by atoms with van der Waals surface area (Å²) in [5.41, 5.74) is 12.0. The molecule has 4 N–H and O–H groups in total. The third-order valence-electron chi connectivity index (χ3n) is 1.37. The fourth-order valence-electron chi connectivity index (χ4n) is 0.918. The van der Waals surface area contributed by atoms with Crippen molar-refractivity contribution in [2.45, 2.75) is 0 Å². The average Bonchev–Trinajstić information content (AvgIpc) is 2.03. The number of benzene rings is 1. The molecule has 1 aromatic rings. The second kappa shape index (κ2) is 3.77. The lowest BCUT2D eigenvalue weighted by molar-refractivity contribution is -0.216. The minimum atomic E-state index is -0.624. The van der Waals surface area contributed by atoms with Crippen LogP contribution in [0.1, 0.15) is 10.4 Å². The van der Waals surface area contributed by atoms with Gasteiger partial charge in [0.1, 0.15) is 0 Å². The highest BCUT2D eigenvalue weighted by Crippen LogP contribution is 2.14. The van der Waals surface area contributed by atoms with Crippen molar-refractivity contribution in [3.05, 3.63) is 23.8 Å². The van der Waals surface area contributed by atoms with Gasteiger partial charge in [-0.05, 0) is 18.2 Å². The van der Waals surface area contributed by atoms with E-state index in [0.29, 0.717) is 11.4 Å². The quantitative estimate of drug-likeness (QED) is 0.396. The van der Waals surface area contributed by atoms with Crippen LogP contribution in [-0.2, 0) is 9.78 Å². The second-order valence-corrected chi connectivity index (χ2v) is 2.43. The Labute approximate surface area is 75.2 Å². The van der Waals surface area contributed by atoms with Crippen molar-refractivity contribution >= 4 is 17.3 Å². The SMILES string of the molecule is COOC(=O)c1cc(N)cc(N)c1. The molecule has 70 valence electrons. The first-order valence-corrected chi connectivity index (χ1v) is 3.54. The molecule has 0 amide bonds. The van der Waals surface area contributed by atoms with Gasteiger partial charge in [-0.3, -0.25) is 4.89 Å². The van der Waals surface area contributed by atoms with E-state index in [1.54, 1.807) is 6.07 Å². The van der Waals surface area contributed by atoms with E-state index in [4.69, 9.17) is 11.5 Å². The topological polar surface area (TPSA) is 87.6 Å². The lowest BCUT2D eigenvalue weighted by atomic mass is 10.2. The summed E-state index contributed by atoms with van der Waals surface area (Å²) in [5, 5.41) is 0. The van der Waals surface area contributed by atoms with Crippen LogP contribution < -0.4 is 11.5 Å². The van der Waals surface area contributed by atoms with Crippen molar-refractivity contribution in [3.63, 3.8) is 0 Å². The summed E-state index contributed by atoms with van der Waals surface area (Å²) in [6.07, 6.45) is 0. The zero-order chi connectivity index (χ0) is 9.84. The van der Waals surface area contributed by atoms with Gasteiger partial charge >= 0.3 is 5.97 Å². The third-order valence-corrected chi connectivity index (χ3v) is 1.37. The highest BCUT2D eigenvalue weighted by molar-refractivity contribution is 5.91. The van der Waals surface area contributed by atoms with Crippen LogP contribution in [0.15, 0.2) is 18.2 Å². The van der Waals surface area contributed by atoms with Gasteiger partial charge < -0.3 is 11.5 Å². The Kier molecular flexibility index (Phi) is 2.71. The molecule has 0 bridgehead atoms. The van der Waals surface area contributed by atoms with Crippen molar-refractivity contribution in [1.82, 2.24) is 0 Å². The van der Waals surface area contributed by atoms with Crippen LogP contribution >= 0.6 is 0 Å². The van der Waals surface area contributed by atoms with Crippen LogP contribution in [0.5, 0.6) is 0 Å². The lowest BCUT2D eigenvalue weighted by Gasteiger charge is -2.02. The van der Waals surface area contributed by atoms with Crippen LogP contribution in [0.4, 0.5) is 11.4 Å². The van der Waals surface area contributed by atoms with E-state index in [1.807, 2.05) is 0 Å². The van der Waals surface area contributed by atoms with Gasteiger partial charge in [0.15, 0.2) is 0 Å². The number of nitrogen functional groups attached to an aromatic ring is 2. The van der Waals surface area contributed by atoms with Gasteiger partial charge in [0.05, 0.1) is 12.7 Å². The number of nitrogens with two attached hydrogens (primary N) is 2. The maximum absolute atomic E-state index is 11.1. The number of anilines is 2. The third kappa shape index (κ3) is 2.34. The molecule has 0 radical (unpaired) electrons. The highest BCUT2D eigenvalue weighted by atomic mass is 17.2. The average molecular weight is 182 g/mol. The molecule has 0 saturated carbocycles. The van der Waals surface area contributed by atoms with Crippen LogP contribution in [0.2, 0.25) is 0 Å². The van der Waals surface area contributed by atoms with Crippen molar-refractivity contribution < 1.29 is 14.6 Å². The molecular formula is C8H10N2O3. The van der Waals surface area contributed by atoms with Crippen molar-refractivity contribution in [2.24, 2.45) is 0 Å². The number of hydrogen-bond acceptors (Lipinski definition) is 5. The Morgan fingerprint density at radius 2 is 1.77 bits per heavy atom. The summed E-state index contributed by atoms with van der Waals surface area (Å²) in [6.45, 7) is 0. The smallest absolute Gasteiger partial charge is 0.373 e. The van der Waals surface area contributed by atoms with Gasteiger partial charge in [0.2, 0.25) is 0 Å². The van der Waals surface area contributed by atoms with Crippen LogP contribution in [-0.4, -0.2) is 13.1 Å². The molecule has 1 rings (SSSR count). The lowest BCUT2D eigenvalue weighted by Crippen LogP contribution is -2.05. The zero-order valence-corrected chi connectivity index (χ0v) is 7.11. The molecule has 0 unspecified atom stereocenters. The van der Waals surface area contributed by atoms with Crippen molar-refractivity contribution in [1.29, 1.82) is 0 Å². The predicted octanol–water partition coefficient (Wildman–Crippen LogP) is 0.569. The molecule has 0 fully saturated rings. The first-order valence-electron chi connectivity index (χ1n) is 3.54. The molecule has 0 aromatic heterocycles. The first-order chi connectivity index (χ1) is 6.13. The first kappa shape index (κ1) is 9.34. The molecule has 0 aliphatic heterocycles. The molecule has 0 spiro atoms. The molecule has 13 heavy (non-hydrogen) atoms. The molecule has 0 atom stereocenters. The monoisotopic (exact) mass is 182 g/mol. The van der Waals surface area contributed by atoms with Gasteiger partial charge in [-0.2, -0.15) is 4.89 Å². The summed E-state index contributed by atoms with van der Waals surface area (Å²) < 4.78 is 0. The number of rotatable bonds is 2. The summed E-state index contributed by atoms with van der Waals surface area (Å²) in [6, 6.07) is 4.46. The second-order valence-electron chi connectivity index (χ2n) is 2.43. The summed E-state index contributed by atoms with van der Waals surface area (Å²) in [4.78, 5) is 19.6. The fourth-order valence-corrected chi connectivity index (χ4v) is 0.918. The molecule has 0 aliphatic carbocycles. The normalized spacial score (nSPS) is 9.62. The van der Waals surface area contributed by atoms with E-state index < -0.39 is 5.97 Å². The van der Waals surface area contributed by atoms with Crippen molar-refractivity contribution in [2.75, 3.05) is 18.6 Å². The number of carbonyl (C=O) groups excluding carboxylic acids is 1. The van der Waals surface area contributed by atoms with Crippen LogP contribution in [0.25, 0.3) is 0 Å². The molecule has 5 heteroatoms. The largest absolute Gasteiger partial charge is 0.399 e. The van der Waals surface area contributed by atoms with E-state index in [1.165, 1.54) is 19.2 Å². The Hall–Kier alpha value is -1.75. The molecule has 1 aromatic carbocycles. The van der Waals surface area contributed by atoms with Gasteiger partial charge in [-0.25, -0.2) is 4.79 Å². The molecule has 5 nitrogen and oxygen atoms in total. The number of carbonyl (C=O) groups is 1. The van der Waals surface area contributed by atoms with Gasteiger partial charge in [-0.1, -0.05) is 0 Å². The van der Waals surface area contributed by atoms with E-state index in [0.717, 1.165) is 0 Å². The zero-order valence-electron chi connectivity index (χ0n) is 7.11. The molecule has 0 saturated heterocycles. The predicted molar refractivity (Wildman–Crippen MR) is 47.7 cm³/mol. The minimum absolute atomic E-state index is 0.263. The van der Waals surface area contributed by atoms with Crippen LogP contribution in [0, 0.1) is 0 Å². The standard InChI is InChI=1S/C8H10N2O3/c1-12-13-8(11)5-2-6(9)4-7(10)3-5/h2-4H,9-10H2,1H3. The van der Waals surface area contributed by atoms with E-state index >= 15 is 0 Å². The Bertz CT molecular complexity index is 305. The van der Waals surface area contributed by atoms with Gasteiger partial charge in [-0.15, -0.1) is 0 Å². The van der Waals surface area contributed by atoms with E-state index in [9.17, 15) is 4.79 Å². The Morgan fingerprint density at radius 1 is 1.23 bits per heavy atom. The highest BCUT2D eigenvalue weighted by Gasteiger charge is 2.08. The summed E-state index contributed by atoms with van der Waals surface area (Å²) in [5.74, 6) is -0.624. The summed E-state index contributed by atoms with van der Waals surface area (Å²) >= 11 is 0. The van der Waals surface area contributed by atoms with E-state index in [2.05, 4.69) is 9.78 Å². The maximum Gasteiger partial charge on any atom is 0.373 e. The Morgan fingerprint density at radius 3 is 2.23 bits per heavy atom. The maximum atomic E-state index is 11.1. The van der Waals surface area contributed by atoms with Crippen molar-refractivity contribution in [3.8, 4) is 0 Å².